The van der Waals surface area contributed by atoms with Crippen molar-refractivity contribution >= 4 is 83.2 Å². The highest BCUT2D eigenvalue weighted by Crippen LogP contribution is 2.35. The SMILES string of the molecule is CC(C)Oc1cc2c(cc1Nc1ncnc3[nH]c(Br)cc13)C=NC2.Clc1ncnc2[nH]c(Br)cc12. The number of aliphatic imine (C=N–C) groups is 1. The maximum atomic E-state index is 5.98. The van der Waals surface area contributed by atoms with Crippen molar-refractivity contribution in [3.05, 3.63) is 62.4 Å². The number of fused-ring (bicyclic) bond motifs is 3. The average Bonchev–Trinajstić information content (AvgIpc) is 3.51. The zero-order valence-corrected chi connectivity index (χ0v) is 22.5. The number of benzene rings is 1. The molecule has 4 aromatic heterocycles. The molecule has 12 heteroatoms. The third-order valence-corrected chi connectivity index (χ3v) is 6.24. The van der Waals surface area contributed by atoms with E-state index in [-0.39, 0.29) is 6.10 Å². The Hall–Kier alpha value is -3.02. The third-order valence-electron chi connectivity index (χ3n) is 5.09. The monoisotopic (exact) mass is 616 g/mol. The molecule has 0 saturated heterocycles. The van der Waals surface area contributed by atoms with E-state index in [9.17, 15) is 0 Å². The molecule has 1 aliphatic heterocycles. The first-order chi connectivity index (χ1) is 16.9. The van der Waals surface area contributed by atoms with Gasteiger partial charge in [0.05, 0.1) is 38.3 Å². The number of aromatic nitrogens is 6. The fraction of sp³-hybridized carbons (Fsp3) is 0.174. The van der Waals surface area contributed by atoms with Gasteiger partial charge in [-0.15, -0.1) is 0 Å². The lowest BCUT2D eigenvalue weighted by molar-refractivity contribution is 0.243. The summed E-state index contributed by atoms with van der Waals surface area (Å²) in [7, 11) is 0. The van der Waals surface area contributed by atoms with E-state index in [0.29, 0.717) is 11.7 Å². The minimum Gasteiger partial charge on any atom is -0.489 e. The summed E-state index contributed by atoms with van der Waals surface area (Å²) in [6.45, 7) is 4.73. The topological polar surface area (TPSA) is 117 Å². The van der Waals surface area contributed by atoms with Crippen molar-refractivity contribution < 1.29 is 4.74 Å². The summed E-state index contributed by atoms with van der Waals surface area (Å²) in [6, 6.07) is 7.91. The normalized spacial score (nSPS) is 12.2. The Morgan fingerprint density at radius 2 is 1.63 bits per heavy atom. The number of anilines is 2. The number of rotatable bonds is 4. The Labute approximate surface area is 222 Å². The first kappa shape index (κ1) is 23.7. The van der Waals surface area contributed by atoms with Crippen molar-refractivity contribution in [3.63, 3.8) is 0 Å². The zero-order valence-electron chi connectivity index (χ0n) is 18.6. The number of nitrogens with zero attached hydrogens (tertiary/aromatic N) is 5. The summed E-state index contributed by atoms with van der Waals surface area (Å²) in [5.74, 6) is 1.53. The third kappa shape index (κ3) is 5.16. The van der Waals surface area contributed by atoms with Crippen LogP contribution in [0.3, 0.4) is 0 Å². The van der Waals surface area contributed by atoms with Gasteiger partial charge in [0.15, 0.2) is 0 Å². The molecule has 9 nitrogen and oxygen atoms in total. The molecule has 35 heavy (non-hydrogen) atoms. The van der Waals surface area contributed by atoms with Crippen molar-refractivity contribution in [3.8, 4) is 5.75 Å². The minimum absolute atomic E-state index is 0.0812. The second-order valence-corrected chi connectivity index (χ2v) is 10.0. The Morgan fingerprint density at radius 3 is 2.34 bits per heavy atom. The molecule has 0 radical (unpaired) electrons. The van der Waals surface area contributed by atoms with Gasteiger partial charge in [0.1, 0.15) is 40.7 Å². The highest BCUT2D eigenvalue weighted by Gasteiger charge is 2.16. The van der Waals surface area contributed by atoms with Crippen LogP contribution in [0.15, 0.2) is 51.1 Å². The number of aromatic amines is 2. The number of halogens is 3. The molecule has 0 amide bonds. The number of H-pyrrole nitrogens is 2. The zero-order chi connectivity index (χ0) is 24.5. The van der Waals surface area contributed by atoms with Crippen LogP contribution in [-0.2, 0) is 6.54 Å². The van der Waals surface area contributed by atoms with Gasteiger partial charge < -0.3 is 20.0 Å². The van der Waals surface area contributed by atoms with Gasteiger partial charge in [0, 0.05) is 6.21 Å². The van der Waals surface area contributed by atoms with Crippen LogP contribution < -0.4 is 10.1 Å². The second kappa shape index (κ2) is 9.92. The molecule has 0 bridgehead atoms. The molecule has 0 unspecified atom stereocenters. The van der Waals surface area contributed by atoms with E-state index in [2.05, 4.69) is 84.2 Å². The minimum atomic E-state index is 0.0812. The lowest BCUT2D eigenvalue weighted by atomic mass is 10.1. The van der Waals surface area contributed by atoms with Crippen LogP contribution >= 0.6 is 43.5 Å². The summed E-state index contributed by atoms with van der Waals surface area (Å²) in [5.41, 5.74) is 4.67. The highest BCUT2D eigenvalue weighted by molar-refractivity contribution is 9.10. The van der Waals surface area contributed by atoms with Crippen LogP contribution in [0, 0.1) is 0 Å². The largest absolute Gasteiger partial charge is 0.489 e. The predicted molar refractivity (Wildman–Crippen MR) is 145 cm³/mol. The van der Waals surface area contributed by atoms with Crippen LogP contribution in [0.25, 0.3) is 22.1 Å². The molecule has 0 spiro atoms. The van der Waals surface area contributed by atoms with Crippen molar-refractivity contribution in [2.24, 2.45) is 4.99 Å². The van der Waals surface area contributed by atoms with Gasteiger partial charge in [0.25, 0.3) is 0 Å². The van der Waals surface area contributed by atoms with Gasteiger partial charge in [-0.2, -0.15) is 0 Å². The van der Waals surface area contributed by atoms with Crippen molar-refractivity contribution in [2.75, 3.05) is 5.32 Å². The molecule has 1 aromatic carbocycles. The van der Waals surface area contributed by atoms with E-state index >= 15 is 0 Å². The summed E-state index contributed by atoms with van der Waals surface area (Å²) < 4.78 is 7.70. The molecule has 5 heterocycles. The maximum Gasteiger partial charge on any atom is 0.143 e. The number of nitrogens with one attached hydrogen (secondary N) is 3. The predicted octanol–water partition coefficient (Wildman–Crippen LogP) is 6.56. The molecule has 0 saturated carbocycles. The highest BCUT2D eigenvalue weighted by atomic mass is 79.9. The summed E-state index contributed by atoms with van der Waals surface area (Å²) >= 11 is 12.5. The van der Waals surface area contributed by atoms with Gasteiger partial charge >= 0.3 is 0 Å². The van der Waals surface area contributed by atoms with Crippen LogP contribution in [0.4, 0.5) is 11.5 Å². The van der Waals surface area contributed by atoms with Crippen molar-refractivity contribution in [1.29, 1.82) is 0 Å². The van der Waals surface area contributed by atoms with Crippen molar-refractivity contribution in [2.45, 2.75) is 26.5 Å². The fourth-order valence-electron chi connectivity index (χ4n) is 3.60. The number of hydrogen-bond donors (Lipinski definition) is 3. The van der Waals surface area contributed by atoms with E-state index in [1.807, 2.05) is 32.2 Å². The van der Waals surface area contributed by atoms with Gasteiger partial charge in [0.2, 0.25) is 0 Å². The Balaban J connectivity index is 0.000000192. The van der Waals surface area contributed by atoms with Gasteiger partial charge in [-0.25, -0.2) is 19.9 Å². The molecule has 178 valence electrons. The second-order valence-electron chi connectivity index (χ2n) is 7.95. The molecular weight excluding hydrogens is 600 g/mol. The smallest absolute Gasteiger partial charge is 0.143 e. The van der Waals surface area contributed by atoms with E-state index < -0.39 is 0 Å². The van der Waals surface area contributed by atoms with Crippen LogP contribution in [-0.4, -0.2) is 42.2 Å². The molecule has 3 N–H and O–H groups in total. The summed E-state index contributed by atoms with van der Waals surface area (Å²) in [4.78, 5) is 26.9. The molecule has 0 aliphatic carbocycles. The van der Waals surface area contributed by atoms with Crippen molar-refractivity contribution in [1.82, 2.24) is 29.9 Å². The number of hydrogen-bond acceptors (Lipinski definition) is 7. The Morgan fingerprint density at radius 1 is 0.943 bits per heavy atom. The standard InChI is InChI=1S/C17H16BrN5O.C6H3BrClN3/c1-9(2)24-14-4-11-7-19-6-10(11)3-13(14)22-16-12-5-15(18)23-17(12)21-8-20-16;7-4-1-3-5(8)9-2-10-6(3)11-4/h3-6,8-9H,7H2,1-2H3,(H2,20,21,22,23);1-2H,(H,9,10,11). The molecule has 6 rings (SSSR count). The molecule has 1 aliphatic rings. The van der Waals surface area contributed by atoms with E-state index in [1.54, 1.807) is 0 Å². The summed E-state index contributed by atoms with van der Waals surface area (Å²) in [5, 5.41) is 5.60. The first-order valence-corrected chi connectivity index (χ1v) is 12.6. The Bertz CT molecular complexity index is 1560. The van der Waals surface area contributed by atoms with E-state index in [0.717, 1.165) is 54.1 Å². The van der Waals surface area contributed by atoms with E-state index in [1.165, 1.54) is 18.2 Å². The van der Waals surface area contributed by atoms with Gasteiger partial charge in [-0.05, 0) is 81.1 Å². The van der Waals surface area contributed by atoms with Crippen LogP contribution in [0.5, 0.6) is 5.75 Å². The average molecular weight is 619 g/mol. The lowest BCUT2D eigenvalue weighted by Gasteiger charge is -2.17. The maximum absolute atomic E-state index is 5.98. The molecule has 0 atom stereocenters. The van der Waals surface area contributed by atoms with Gasteiger partial charge in [-0.1, -0.05) is 11.6 Å². The number of ether oxygens (including phenoxy) is 1. The van der Waals surface area contributed by atoms with Crippen LogP contribution in [0.1, 0.15) is 25.0 Å². The van der Waals surface area contributed by atoms with Gasteiger partial charge in [-0.3, -0.25) is 4.99 Å². The fourth-order valence-corrected chi connectivity index (χ4v) is 4.62. The first-order valence-electron chi connectivity index (χ1n) is 10.6. The van der Waals surface area contributed by atoms with Crippen LogP contribution in [0.2, 0.25) is 5.15 Å². The quantitative estimate of drug-likeness (QED) is 0.197. The summed E-state index contributed by atoms with van der Waals surface area (Å²) in [6.07, 6.45) is 4.93. The molecule has 5 aromatic rings. The molecule has 0 fully saturated rings. The van der Waals surface area contributed by atoms with E-state index in [4.69, 9.17) is 16.3 Å². The molecular formula is C23H19Br2ClN8O. The lowest BCUT2D eigenvalue weighted by Crippen LogP contribution is -2.08. The Kier molecular flexibility index (Phi) is 6.72.